The second-order valence-electron chi connectivity index (χ2n) is 5.53. The normalized spacial score (nSPS) is 10.6. The Labute approximate surface area is 146 Å². The van der Waals surface area contributed by atoms with Crippen LogP contribution >= 0.6 is 0 Å². The summed E-state index contributed by atoms with van der Waals surface area (Å²) in [6.45, 7) is 0.119. The van der Waals surface area contributed by atoms with Gasteiger partial charge in [-0.2, -0.15) is 0 Å². The van der Waals surface area contributed by atoms with Gasteiger partial charge in [-0.15, -0.1) is 0 Å². The van der Waals surface area contributed by atoms with Crippen molar-refractivity contribution < 1.29 is 18.0 Å². The van der Waals surface area contributed by atoms with Crippen LogP contribution in [-0.4, -0.2) is 10.5 Å². The van der Waals surface area contributed by atoms with Gasteiger partial charge in [0.25, 0.3) is 11.5 Å². The van der Waals surface area contributed by atoms with Gasteiger partial charge in [0.2, 0.25) is 0 Å². The Morgan fingerprint density at radius 1 is 0.923 bits per heavy atom. The topological polar surface area (TPSA) is 51.1 Å². The minimum atomic E-state index is -0.944. The maximum absolute atomic E-state index is 13.7. The fraction of sp³-hybridized carbons (Fsp3) is 0.0526. The molecule has 0 fully saturated rings. The zero-order valence-corrected chi connectivity index (χ0v) is 13.4. The van der Waals surface area contributed by atoms with Gasteiger partial charge in [0.05, 0.1) is 6.54 Å². The van der Waals surface area contributed by atoms with Crippen LogP contribution < -0.4 is 10.9 Å². The Hall–Kier alpha value is -3.35. The lowest BCUT2D eigenvalue weighted by Gasteiger charge is -2.10. The molecule has 2 aromatic carbocycles. The first-order chi connectivity index (χ1) is 12.5. The molecule has 1 aromatic heterocycles. The van der Waals surface area contributed by atoms with Crippen LogP contribution in [0.15, 0.2) is 65.6 Å². The van der Waals surface area contributed by atoms with E-state index in [1.165, 1.54) is 53.2 Å². The standard InChI is InChI=1S/C19H13F3N2O2/c20-13-8-6-12(7-9-13)11-24-10-2-3-14(19(24)26)18(25)23-17-15(21)4-1-5-16(17)22/h1-10H,11H2,(H,23,25). The van der Waals surface area contributed by atoms with Crippen LogP contribution in [0.4, 0.5) is 18.9 Å². The summed E-state index contributed by atoms with van der Waals surface area (Å²) < 4.78 is 41.5. The van der Waals surface area contributed by atoms with Gasteiger partial charge in [0.1, 0.15) is 28.7 Å². The largest absolute Gasteiger partial charge is 0.317 e. The number of amides is 1. The smallest absolute Gasteiger partial charge is 0.263 e. The number of halogens is 3. The van der Waals surface area contributed by atoms with E-state index in [9.17, 15) is 22.8 Å². The molecule has 3 aromatic rings. The highest BCUT2D eigenvalue weighted by molar-refractivity contribution is 6.04. The van der Waals surface area contributed by atoms with Crippen molar-refractivity contribution in [2.75, 3.05) is 5.32 Å². The monoisotopic (exact) mass is 358 g/mol. The highest BCUT2D eigenvalue weighted by Gasteiger charge is 2.16. The van der Waals surface area contributed by atoms with Crippen molar-refractivity contribution in [1.82, 2.24) is 4.57 Å². The average molecular weight is 358 g/mol. The third-order valence-corrected chi connectivity index (χ3v) is 3.73. The maximum Gasteiger partial charge on any atom is 0.263 e. The summed E-state index contributed by atoms with van der Waals surface area (Å²) >= 11 is 0. The van der Waals surface area contributed by atoms with Gasteiger partial charge in [0.15, 0.2) is 0 Å². The van der Waals surface area contributed by atoms with E-state index in [4.69, 9.17) is 0 Å². The highest BCUT2D eigenvalue weighted by atomic mass is 19.1. The third kappa shape index (κ3) is 3.66. The number of para-hydroxylation sites is 1. The van der Waals surface area contributed by atoms with Gasteiger partial charge < -0.3 is 9.88 Å². The molecule has 0 aliphatic heterocycles. The van der Waals surface area contributed by atoms with E-state index in [0.717, 1.165) is 12.1 Å². The number of rotatable bonds is 4. The molecule has 4 nitrogen and oxygen atoms in total. The lowest BCUT2D eigenvalue weighted by Crippen LogP contribution is -2.29. The van der Waals surface area contributed by atoms with Crippen LogP contribution in [0.5, 0.6) is 0 Å². The predicted octanol–water partition coefficient (Wildman–Crippen LogP) is 3.57. The molecule has 26 heavy (non-hydrogen) atoms. The number of pyridine rings is 1. The fourth-order valence-electron chi connectivity index (χ4n) is 2.42. The number of benzene rings is 2. The van der Waals surface area contributed by atoms with Crippen LogP contribution in [0, 0.1) is 17.5 Å². The Kier molecular flexibility index (Phi) is 4.88. The fourth-order valence-corrected chi connectivity index (χ4v) is 2.42. The second kappa shape index (κ2) is 7.26. The van der Waals surface area contributed by atoms with E-state index in [2.05, 4.69) is 5.32 Å². The maximum atomic E-state index is 13.7. The number of nitrogens with one attached hydrogen (secondary N) is 1. The van der Waals surface area contributed by atoms with Crippen LogP contribution in [0.2, 0.25) is 0 Å². The molecule has 0 saturated carbocycles. The van der Waals surface area contributed by atoms with E-state index in [-0.39, 0.29) is 12.1 Å². The summed E-state index contributed by atoms with van der Waals surface area (Å²) in [6, 6.07) is 11.4. The van der Waals surface area contributed by atoms with E-state index in [0.29, 0.717) is 5.56 Å². The zero-order chi connectivity index (χ0) is 18.7. The first kappa shape index (κ1) is 17.5. The van der Waals surface area contributed by atoms with Crippen molar-refractivity contribution >= 4 is 11.6 Å². The SMILES string of the molecule is O=C(Nc1c(F)cccc1F)c1cccn(Cc2ccc(F)cc2)c1=O. The lowest BCUT2D eigenvalue weighted by molar-refractivity contribution is 0.102. The number of hydrogen-bond donors (Lipinski definition) is 1. The molecule has 0 unspecified atom stereocenters. The van der Waals surface area contributed by atoms with Crippen molar-refractivity contribution in [3.05, 3.63) is 99.7 Å². The lowest BCUT2D eigenvalue weighted by atomic mass is 10.2. The minimum Gasteiger partial charge on any atom is -0.317 e. The van der Waals surface area contributed by atoms with Gasteiger partial charge in [-0.25, -0.2) is 13.2 Å². The van der Waals surface area contributed by atoms with Crippen molar-refractivity contribution in [3.8, 4) is 0 Å². The predicted molar refractivity (Wildman–Crippen MR) is 90.5 cm³/mol. The molecule has 3 rings (SSSR count). The average Bonchev–Trinajstić information content (AvgIpc) is 2.62. The van der Waals surface area contributed by atoms with Crippen LogP contribution in [0.3, 0.4) is 0 Å². The number of carbonyl (C=O) groups excluding carboxylic acids is 1. The molecule has 0 radical (unpaired) electrons. The molecular weight excluding hydrogens is 345 g/mol. The van der Waals surface area contributed by atoms with Crippen molar-refractivity contribution in [2.24, 2.45) is 0 Å². The molecule has 7 heteroatoms. The Morgan fingerprint density at radius 2 is 1.58 bits per heavy atom. The zero-order valence-electron chi connectivity index (χ0n) is 13.4. The van der Waals surface area contributed by atoms with Gasteiger partial charge in [-0.05, 0) is 42.0 Å². The summed E-state index contributed by atoms with van der Waals surface area (Å²) in [5, 5.41) is 2.08. The summed E-state index contributed by atoms with van der Waals surface area (Å²) in [7, 11) is 0. The second-order valence-corrected chi connectivity index (χ2v) is 5.53. The summed E-state index contributed by atoms with van der Waals surface area (Å²) in [5.41, 5.74) is -0.861. The van der Waals surface area contributed by atoms with Crippen molar-refractivity contribution in [2.45, 2.75) is 6.54 Å². The van der Waals surface area contributed by atoms with Gasteiger partial charge in [-0.3, -0.25) is 9.59 Å². The van der Waals surface area contributed by atoms with Crippen LogP contribution in [-0.2, 0) is 6.54 Å². The minimum absolute atomic E-state index is 0.119. The molecule has 0 saturated heterocycles. The Balaban J connectivity index is 1.88. The quantitative estimate of drug-likeness (QED) is 0.775. The van der Waals surface area contributed by atoms with E-state index >= 15 is 0 Å². The van der Waals surface area contributed by atoms with Crippen molar-refractivity contribution in [3.63, 3.8) is 0 Å². The van der Waals surface area contributed by atoms with E-state index in [1.54, 1.807) is 0 Å². The Morgan fingerprint density at radius 3 is 2.23 bits per heavy atom. The number of anilines is 1. The van der Waals surface area contributed by atoms with Crippen LogP contribution in [0.1, 0.15) is 15.9 Å². The summed E-state index contributed by atoms with van der Waals surface area (Å²) in [4.78, 5) is 24.8. The highest BCUT2D eigenvalue weighted by Crippen LogP contribution is 2.18. The molecule has 1 N–H and O–H groups in total. The van der Waals surface area contributed by atoms with E-state index in [1.807, 2.05) is 0 Å². The molecule has 0 bridgehead atoms. The van der Waals surface area contributed by atoms with Crippen LogP contribution in [0.25, 0.3) is 0 Å². The molecule has 0 atom stereocenters. The number of carbonyl (C=O) groups is 1. The molecule has 132 valence electrons. The van der Waals surface area contributed by atoms with E-state index < -0.39 is 34.6 Å². The van der Waals surface area contributed by atoms with Crippen molar-refractivity contribution in [1.29, 1.82) is 0 Å². The summed E-state index contributed by atoms with van der Waals surface area (Å²) in [6.07, 6.45) is 1.46. The first-order valence-electron chi connectivity index (χ1n) is 7.65. The molecular formula is C19H13F3N2O2. The molecule has 0 aliphatic carbocycles. The molecule has 0 aliphatic rings. The van der Waals surface area contributed by atoms with Gasteiger partial charge >= 0.3 is 0 Å². The van der Waals surface area contributed by atoms with Gasteiger partial charge in [0, 0.05) is 6.20 Å². The number of nitrogens with zero attached hydrogens (tertiary/aromatic N) is 1. The molecule has 0 spiro atoms. The molecule has 1 amide bonds. The third-order valence-electron chi connectivity index (χ3n) is 3.73. The molecule has 1 heterocycles. The first-order valence-corrected chi connectivity index (χ1v) is 7.65. The Bertz CT molecular complexity index is 994. The van der Waals surface area contributed by atoms with Gasteiger partial charge in [-0.1, -0.05) is 18.2 Å². The summed E-state index contributed by atoms with van der Waals surface area (Å²) in [5.74, 6) is -3.21. The number of hydrogen-bond acceptors (Lipinski definition) is 2. The number of aromatic nitrogens is 1.